The van der Waals surface area contributed by atoms with Crippen molar-refractivity contribution in [2.75, 3.05) is 12.3 Å². The average molecular weight is 373 g/mol. The van der Waals surface area contributed by atoms with E-state index in [4.69, 9.17) is 5.73 Å². The molecule has 6 nitrogen and oxygen atoms in total. The van der Waals surface area contributed by atoms with Crippen LogP contribution in [0.2, 0.25) is 0 Å². The van der Waals surface area contributed by atoms with Gasteiger partial charge in [-0.15, -0.1) is 22.7 Å². The normalized spacial score (nSPS) is 17.3. The maximum Gasteiger partial charge on any atom is 0.326 e. The fourth-order valence-corrected chi connectivity index (χ4v) is 4.86. The number of hydrogen-bond donors (Lipinski definition) is 2. The van der Waals surface area contributed by atoms with E-state index < -0.39 is 12.0 Å². The van der Waals surface area contributed by atoms with Crippen molar-refractivity contribution in [1.29, 1.82) is 0 Å². The highest BCUT2D eigenvalue weighted by atomic mass is 32.1. The molecule has 4 rings (SSSR count). The minimum absolute atomic E-state index is 0.317. The Morgan fingerprint density at radius 1 is 1.32 bits per heavy atom. The molecule has 1 atom stereocenters. The second-order valence-corrected chi connectivity index (χ2v) is 7.81. The lowest BCUT2D eigenvalue weighted by molar-refractivity contribution is -0.141. The van der Waals surface area contributed by atoms with Gasteiger partial charge in [0.1, 0.15) is 15.7 Å². The minimum Gasteiger partial charge on any atom is -0.480 e. The number of fused-ring (bicyclic) bond motifs is 1. The predicted molar refractivity (Wildman–Crippen MR) is 99.0 cm³/mol. The van der Waals surface area contributed by atoms with Crippen LogP contribution in [0.1, 0.15) is 22.5 Å². The van der Waals surface area contributed by atoms with Crippen LogP contribution >= 0.6 is 22.7 Å². The van der Waals surface area contributed by atoms with Crippen LogP contribution in [0.3, 0.4) is 0 Å². The Bertz CT molecular complexity index is 965. The predicted octanol–water partition coefficient (Wildman–Crippen LogP) is 3.30. The van der Waals surface area contributed by atoms with Crippen LogP contribution in [0.4, 0.5) is 5.69 Å². The Hall–Kier alpha value is -2.45. The number of aliphatic carboxylic acids is 1. The molecule has 0 bridgehead atoms. The molecule has 1 fully saturated rings. The number of carboxylic acid groups (broad SMARTS) is 1. The maximum atomic E-state index is 12.8. The number of aromatic nitrogens is 1. The number of nitrogens with two attached hydrogens (primary N) is 1. The van der Waals surface area contributed by atoms with Gasteiger partial charge in [0.25, 0.3) is 5.91 Å². The molecule has 3 N–H and O–H groups in total. The third-order valence-corrected chi connectivity index (χ3v) is 6.36. The summed E-state index contributed by atoms with van der Waals surface area (Å²) >= 11 is 2.82. The van der Waals surface area contributed by atoms with E-state index in [9.17, 15) is 14.7 Å². The molecule has 3 aromatic rings. The van der Waals surface area contributed by atoms with E-state index in [2.05, 4.69) is 4.98 Å². The number of pyridine rings is 1. The Morgan fingerprint density at radius 2 is 2.16 bits per heavy atom. The molecule has 0 spiro atoms. The van der Waals surface area contributed by atoms with Crippen LogP contribution in [0.15, 0.2) is 29.6 Å². The first-order chi connectivity index (χ1) is 12.1. The topological polar surface area (TPSA) is 96.5 Å². The van der Waals surface area contributed by atoms with Gasteiger partial charge in [-0.05, 0) is 36.4 Å². The molecule has 8 heteroatoms. The number of rotatable bonds is 3. The number of likely N-dealkylation sites (tertiary alicyclic amines) is 1. The summed E-state index contributed by atoms with van der Waals surface area (Å²) in [6.45, 7) is 0.442. The van der Waals surface area contributed by atoms with Gasteiger partial charge in [0.15, 0.2) is 0 Å². The van der Waals surface area contributed by atoms with Gasteiger partial charge in [0.2, 0.25) is 0 Å². The van der Waals surface area contributed by atoms with Gasteiger partial charge in [-0.2, -0.15) is 0 Å². The van der Waals surface area contributed by atoms with Gasteiger partial charge in [-0.25, -0.2) is 9.78 Å². The molecule has 1 saturated heterocycles. The van der Waals surface area contributed by atoms with Crippen molar-refractivity contribution in [1.82, 2.24) is 9.88 Å². The molecule has 1 amide bonds. The number of anilines is 1. The lowest BCUT2D eigenvalue weighted by Crippen LogP contribution is -2.40. The summed E-state index contributed by atoms with van der Waals surface area (Å²) in [7, 11) is 0. The van der Waals surface area contributed by atoms with E-state index in [1.165, 1.54) is 16.2 Å². The van der Waals surface area contributed by atoms with E-state index >= 15 is 0 Å². The zero-order valence-corrected chi connectivity index (χ0v) is 14.8. The van der Waals surface area contributed by atoms with Crippen molar-refractivity contribution in [2.45, 2.75) is 18.9 Å². The number of thiophene rings is 2. The van der Waals surface area contributed by atoms with Crippen molar-refractivity contribution in [3.8, 4) is 10.6 Å². The summed E-state index contributed by atoms with van der Waals surface area (Å²) in [4.78, 5) is 32.3. The Morgan fingerprint density at radius 3 is 2.88 bits per heavy atom. The van der Waals surface area contributed by atoms with E-state index in [0.717, 1.165) is 16.0 Å². The lowest BCUT2D eigenvalue weighted by Gasteiger charge is -2.20. The highest BCUT2D eigenvalue weighted by Gasteiger charge is 2.36. The number of carbonyl (C=O) groups excluding carboxylic acids is 1. The zero-order chi connectivity index (χ0) is 17.6. The molecule has 0 aromatic carbocycles. The number of amides is 1. The van der Waals surface area contributed by atoms with Gasteiger partial charge >= 0.3 is 5.97 Å². The number of carboxylic acids is 1. The summed E-state index contributed by atoms with van der Waals surface area (Å²) in [6.07, 6.45) is 1.17. The third-order valence-electron chi connectivity index (χ3n) is 4.36. The number of nitrogen functional groups attached to an aromatic ring is 1. The first kappa shape index (κ1) is 16.0. The van der Waals surface area contributed by atoms with E-state index in [1.807, 2.05) is 29.6 Å². The molecule has 1 aliphatic rings. The van der Waals surface area contributed by atoms with Crippen LogP contribution in [0.5, 0.6) is 0 Å². The molecule has 0 radical (unpaired) electrons. The fraction of sp³-hybridized carbons (Fsp3) is 0.235. The van der Waals surface area contributed by atoms with Crippen LogP contribution in [-0.4, -0.2) is 39.5 Å². The maximum absolute atomic E-state index is 12.8. The summed E-state index contributed by atoms with van der Waals surface area (Å²) in [5.41, 5.74) is 7.40. The smallest absolute Gasteiger partial charge is 0.326 e. The van der Waals surface area contributed by atoms with Crippen molar-refractivity contribution in [3.05, 3.63) is 34.5 Å². The Kier molecular flexibility index (Phi) is 3.93. The zero-order valence-electron chi connectivity index (χ0n) is 13.1. The van der Waals surface area contributed by atoms with Gasteiger partial charge in [-0.3, -0.25) is 4.79 Å². The molecule has 4 heterocycles. The van der Waals surface area contributed by atoms with Gasteiger partial charge in [0, 0.05) is 11.9 Å². The first-order valence-electron chi connectivity index (χ1n) is 7.83. The van der Waals surface area contributed by atoms with Crippen molar-refractivity contribution in [3.63, 3.8) is 0 Å². The second-order valence-electron chi connectivity index (χ2n) is 5.87. The van der Waals surface area contributed by atoms with Gasteiger partial charge in [0.05, 0.1) is 16.3 Å². The van der Waals surface area contributed by atoms with Crippen molar-refractivity contribution < 1.29 is 14.7 Å². The fourth-order valence-electron chi connectivity index (χ4n) is 3.11. The van der Waals surface area contributed by atoms with Crippen LogP contribution < -0.4 is 5.73 Å². The molecule has 1 aliphatic heterocycles. The van der Waals surface area contributed by atoms with Crippen LogP contribution in [0, 0.1) is 0 Å². The van der Waals surface area contributed by atoms with Gasteiger partial charge < -0.3 is 15.7 Å². The van der Waals surface area contributed by atoms with E-state index in [0.29, 0.717) is 34.8 Å². The number of nitrogens with zero attached hydrogens (tertiary/aromatic N) is 2. The van der Waals surface area contributed by atoms with E-state index in [-0.39, 0.29) is 5.91 Å². The monoisotopic (exact) mass is 373 g/mol. The standard InChI is InChI=1S/C17H15N3O3S2/c18-13-9-5-6-10(12-4-2-8-24-12)19-15(9)25-14(13)16(21)20-7-1-3-11(20)17(22)23/h2,4-6,8,11H,1,3,7,18H2,(H,22,23). The summed E-state index contributed by atoms with van der Waals surface area (Å²) in [5, 5.41) is 12.0. The highest BCUT2D eigenvalue weighted by Crippen LogP contribution is 2.36. The summed E-state index contributed by atoms with van der Waals surface area (Å²) in [5.74, 6) is -1.29. The molecule has 25 heavy (non-hydrogen) atoms. The highest BCUT2D eigenvalue weighted by molar-refractivity contribution is 7.21. The Balaban J connectivity index is 1.74. The second kappa shape index (κ2) is 6.12. The largest absolute Gasteiger partial charge is 0.480 e. The molecule has 128 valence electrons. The van der Waals surface area contributed by atoms with Crippen LogP contribution in [-0.2, 0) is 4.79 Å². The number of hydrogen-bond acceptors (Lipinski definition) is 6. The van der Waals surface area contributed by atoms with Crippen molar-refractivity contribution in [2.24, 2.45) is 0 Å². The molecular formula is C17H15N3O3S2. The van der Waals surface area contributed by atoms with E-state index in [1.54, 1.807) is 11.3 Å². The van der Waals surface area contributed by atoms with Crippen molar-refractivity contribution >= 4 is 50.5 Å². The summed E-state index contributed by atoms with van der Waals surface area (Å²) in [6, 6.07) is 6.94. The molecule has 1 unspecified atom stereocenters. The number of carbonyl (C=O) groups is 2. The summed E-state index contributed by atoms with van der Waals surface area (Å²) < 4.78 is 0. The lowest BCUT2D eigenvalue weighted by atomic mass is 10.2. The first-order valence-corrected chi connectivity index (χ1v) is 9.52. The third kappa shape index (κ3) is 2.67. The molecule has 0 aliphatic carbocycles. The van der Waals surface area contributed by atoms with Crippen LogP contribution in [0.25, 0.3) is 20.8 Å². The minimum atomic E-state index is -0.969. The molecule has 3 aromatic heterocycles. The van der Waals surface area contributed by atoms with Gasteiger partial charge in [-0.1, -0.05) is 6.07 Å². The molecule has 0 saturated carbocycles. The Labute approximate surface area is 151 Å². The quantitative estimate of drug-likeness (QED) is 0.734. The SMILES string of the molecule is Nc1c(C(=O)N2CCCC2C(=O)O)sc2nc(-c3cccs3)ccc12. The average Bonchev–Trinajstić information content (AvgIpc) is 3.34. The molecular weight excluding hydrogens is 358 g/mol.